The zero-order chi connectivity index (χ0) is 12.7. The predicted molar refractivity (Wildman–Crippen MR) is 46.9 cm³/mol. The molecule has 0 bridgehead atoms. The number of halogens is 3. The molecule has 1 rings (SSSR count). The van der Waals surface area contributed by atoms with Crippen LogP contribution in [0.4, 0.5) is 13.2 Å². The number of carbonyl (C=O) groups is 2. The minimum atomic E-state index is -3.08. The molecule has 2 N–H and O–H groups in total. The molecule has 0 saturated heterocycles. The Balaban J connectivity index is 0. The van der Waals surface area contributed by atoms with Crippen LogP contribution < -0.4 is 0 Å². The van der Waals surface area contributed by atoms with Gasteiger partial charge >= 0.3 is 11.9 Å². The number of aromatic carboxylic acids is 2. The van der Waals surface area contributed by atoms with Gasteiger partial charge in [0.25, 0.3) is 0 Å². The van der Waals surface area contributed by atoms with Gasteiger partial charge in [-0.2, -0.15) is 0 Å². The third kappa shape index (κ3) is 8.28. The van der Waals surface area contributed by atoms with Crippen LogP contribution in [0, 0.1) is 6.68 Å². The van der Waals surface area contributed by atoms with Crippen molar-refractivity contribution in [3.63, 3.8) is 0 Å². The van der Waals surface area contributed by atoms with Gasteiger partial charge in [0.2, 0.25) is 0 Å². The van der Waals surface area contributed by atoms with Crippen LogP contribution in [0.5, 0.6) is 0 Å². The molecule has 0 saturated carbocycles. The smallest absolute Gasteiger partial charge is 0.335 e. The Morgan fingerprint density at radius 3 is 1.18 bits per heavy atom. The second-order valence-corrected chi connectivity index (χ2v) is 2.40. The molecule has 1 aromatic carbocycles. The average Bonchev–Trinajstić information content (AvgIpc) is 2.17. The fourth-order valence-electron chi connectivity index (χ4n) is 0.755. The second kappa shape index (κ2) is 8.59. The molecule has 0 aliphatic heterocycles. The van der Waals surface area contributed by atoms with E-state index in [1.807, 2.05) is 0 Å². The quantitative estimate of drug-likeness (QED) is 0.821. The van der Waals surface area contributed by atoms with E-state index in [0.29, 0.717) is 0 Å². The molecule has 0 fully saturated rings. The molecule has 0 aromatic heterocycles. The second-order valence-electron chi connectivity index (χ2n) is 2.40. The van der Waals surface area contributed by atoms with Crippen molar-refractivity contribution in [1.29, 1.82) is 0 Å². The largest absolute Gasteiger partial charge is 0.478 e. The molecule has 1 radical (unpaired) electrons. The summed E-state index contributed by atoms with van der Waals surface area (Å²) in [6.45, 7) is -3.08. The Hall–Kier alpha value is -1.54. The first-order valence-electron chi connectivity index (χ1n) is 3.74. The molecule has 0 spiro atoms. The maximum Gasteiger partial charge on any atom is 0.335 e. The third-order valence-corrected chi connectivity index (χ3v) is 1.38. The molecule has 17 heavy (non-hydrogen) atoms. The van der Waals surface area contributed by atoms with Crippen LogP contribution in [0.2, 0.25) is 0 Å². The van der Waals surface area contributed by atoms with Gasteiger partial charge in [0.15, 0.2) is 6.68 Å². The number of rotatable bonds is 2. The van der Waals surface area contributed by atoms with Crippen molar-refractivity contribution in [3.8, 4) is 0 Å². The normalized spacial score (nSPS) is 8.71. The van der Waals surface area contributed by atoms with Crippen LogP contribution in [0.15, 0.2) is 24.3 Å². The standard InChI is InChI=1S/C8H6O4.CF3.Co/c9-7(10)5-1-2-6(4-3-5)8(11)12;2-1(3)4;/h1-4H,(H,9,10)(H,11,12);;/q;-1;. The summed E-state index contributed by atoms with van der Waals surface area (Å²) < 4.78 is 28.8. The van der Waals surface area contributed by atoms with E-state index in [4.69, 9.17) is 10.2 Å². The van der Waals surface area contributed by atoms with E-state index in [-0.39, 0.29) is 27.9 Å². The number of hydrogen-bond donors (Lipinski definition) is 2. The van der Waals surface area contributed by atoms with Crippen molar-refractivity contribution in [2.75, 3.05) is 0 Å². The van der Waals surface area contributed by atoms with Crippen LogP contribution in [-0.4, -0.2) is 22.2 Å². The Kier molecular flexibility index (Phi) is 9.01. The molecule has 0 atom stereocenters. The van der Waals surface area contributed by atoms with E-state index in [0.717, 1.165) is 0 Å². The van der Waals surface area contributed by atoms with Gasteiger partial charge < -0.3 is 23.4 Å². The SMILES string of the molecule is F[C-](F)F.O=C(O)c1ccc(C(=O)O)cc1.[Co]. The van der Waals surface area contributed by atoms with Crippen LogP contribution >= 0.6 is 0 Å². The fraction of sp³-hybridized carbons (Fsp3) is 0. The molecule has 0 amide bonds. The van der Waals surface area contributed by atoms with E-state index in [9.17, 15) is 22.8 Å². The summed E-state index contributed by atoms with van der Waals surface area (Å²) in [5, 5.41) is 16.9. The van der Waals surface area contributed by atoms with Gasteiger partial charge in [-0.25, -0.2) is 9.59 Å². The molecule has 0 aliphatic carbocycles. The first kappa shape index (κ1) is 17.8. The number of carboxylic acid groups (broad SMARTS) is 2. The zero-order valence-electron chi connectivity index (χ0n) is 7.99. The third-order valence-electron chi connectivity index (χ3n) is 1.38. The van der Waals surface area contributed by atoms with E-state index in [1.54, 1.807) is 0 Å². The fourth-order valence-corrected chi connectivity index (χ4v) is 0.755. The minimum absolute atomic E-state index is 0. The Labute approximate surface area is 104 Å². The van der Waals surface area contributed by atoms with Crippen LogP contribution in [0.3, 0.4) is 0 Å². The summed E-state index contributed by atoms with van der Waals surface area (Å²) in [5.74, 6) is -2.13. The Morgan fingerprint density at radius 2 is 1.06 bits per heavy atom. The minimum Gasteiger partial charge on any atom is -0.478 e. The summed E-state index contributed by atoms with van der Waals surface area (Å²) in [6, 6.07) is 5.02. The molecule has 4 nitrogen and oxygen atoms in total. The maximum atomic E-state index is 10.3. The molecule has 97 valence electrons. The van der Waals surface area contributed by atoms with Gasteiger partial charge in [0.05, 0.1) is 11.1 Å². The van der Waals surface area contributed by atoms with E-state index >= 15 is 0 Å². The van der Waals surface area contributed by atoms with Crippen LogP contribution in [-0.2, 0) is 16.8 Å². The van der Waals surface area contributed by atoms with Crippen molar-refractivity contribution in [2.45, 2.75) is 0 Å². The van der Waals surface area contributed by atoms with Crippen LogP contribution in [0.25, 0.3) is 0 Å². The molecule has 1 aromatic rings. The van der Waals surface area contributed by atoms with Gasteiger partial charge in [-0.3, -0.25) is 0 Å². The van der Waals surface area contributed by atoms with E-state index in [2.05, 4.69) is 0 Å². The summed E-state index contributed by atoms with van der Waals surface area (Å²) >= 11 is 0. The molecule has 0 aliphatic rings. The van der Waals surface area contributed by atoms with Gasteiger partial charge in [-0.1, -0.05) is 0 Å². The van der Waals surface area contributed by atoms with E-state index < -0.39 is 18.6 Å². The summed E-state index contributed by atoms with van der Waals surface area (Å²) in [5.41, 5.74) is 0.167. The van der Waals surface area contributed by atoms with Gasteiger partial charge in [0.1, 0.15) is 0 Å². The Bertz CT molecular complexity index is 331. The average molecular weight is 294 g/mol. The number of hydrogen-bond acceptors (Lipinski definition) is 2. The molecule has 0 heterocycles. The van der Waals surface area contributed by atoms with Crippen LogP contribution in [0.1, 0.15) is 20.7 Å². The van der Waals surface area contributed by atoms with Gasteiger partial charge in [0, 0.05) is 16.8 Å². The van der Waals surface area contributed by atoms with Crippen molar-refractivity contribution in [3.05, 3.63) is 42.1 Å². The predicted octanol–water partition coefficient (Wildman–Crippen LogP) is 2.42. The molecular weight excluding hydrogens is 288 g/mol. The van der Waals surface area contributed by atoms with Gasteiger partial charge in [-0.05, 0) is 24.3 Å². The Morgan fingerprint density at radius 1 is 0.882 bits per heavy atom. The summed E-state index contributed by atoms with van der Waals surface area (Å²) in [7, 11) is 0. The van der Waals surface area contributed by atoms with Crippen molar-refractivity contribution in [1.82, 2.24) is 0 Å². The topological polar surface area (TPSA) is 74.6 Å². The van der Waals surface area contributed by atoms with Crippen molar-refractivity contribution in [2.24, 2.45) is 0 Å². The van der Waals surface area contributed by atoms with E-state index in [1.165, 1.54) is 24.3 Å². The zero-order valence-corrected chi connectivity index (χ0v) is 9.03. The first-order valence-corrected chi connectivity index (χ1v) is 3.74. The monoisotopic (exact) mass is 294 g/mol. The molecule has 0 unspecified atom stereocenters. The summed E-state index contributed by atoms with van der Waals surface area (Å²) in [6.07, 6.45) is 0. The summed E-state index contributed by atoms with van der Waals surface area (Å²) in [4.78, 5) is 20.7. The maximum absolute atomic E-state index is 10.3. The molecular formula is C9H6CoF3O4-. The number of benzene rings is 1. The molecule has 8 heteroatoms. The van der Waals surface area contributed by atoms with Gasteiger partial charge in [-0.15, -0.1) is 0 Å². The first-order chi connectivity index (χ1) is 7.34. The number of carboxylic acids is 2. The van der Waals surface area contributed by atoms with Crippen molar-refractivity contribution < 1.29 is 49.8 Å². The van der Waals surface area contributed by atoms with Crippen molar-refractivity contribution >= 4 is 11.9 Å².